The summed E-state index contributed by atoms with van der Waals surface area (Å²) in [4.78, 5) is 25.2. The highest BCUT2D eigenvalue weighted by Crippen LogP contribution is 2.38. The van der Waals surface area contributed by atoms with Crippen LogP contribution in [0.25, 0.3) is 0 Å². The highest BCUT2D eigenvalue weighted by atomic mass is 16.3. The number of imide groups is 1. The van der Waals surface area contributed by atoms with Crippen molar-refractivity contribution in [1.82, 2.24) is 10.2 Å². The van der Waals surface area contributed by atoms with Gasteiger partial charge in [-0.3, -0.25) is 19.8 Å². The van der Waals surface area contributed by atoms with Crippen LogP contribution in [0.5, 0.6) is 0 Å². The number of piperidine rings is 1. The van der Waals surface area contributed by atoms with E-state index in [2.05, 4.69) is 10.6 Å². The van der Waals surface area contributed by atoms with E-state index in [4.69, 9.17) is 4.42 Å². The normalized spacial score (nSPS) is 23.4. The highest BCUT2D eigenvalue weighted by Gasteiger charge is 2.40. The van der Waals surface area contributed by atoms with Crippen LogP contribution in [-0.2, 0) is 22.7 Å². The molecule has 2 atom stereocenters. The summed E-state index contributed by atoms with van der Waals surface area (Å²) < 4.78 is 5.33. The van der Waals surface area contributed by atoms with Gasteiger partial charge in [-0.05, 0) is 30.2 Å². The van der Waals surface area contributed by atoms with Gasteiger partial charge in [0.05, 0.1) is 18.8 Å². The van der Waals surface area contributed by atoms with Crippen molar-refractivity contribution in [2.24, 2.45) is 0 Å². The van der Waals surface area contributed by atoms with Crippen LogP contribution in [0, 0.1) is 0 Å². The van der Waals surface area contributed by atoms with Crippen molar-refractivity contribution in [1.29, 1.82) is 0 Å². The number of anilines is 1. The number of fused-ring (bicyclic) bond motifs is 1. The predicted octanol–water partition coefficient (Wildman–Crippen LogP) is 1.50. The SMILES string of the molecule is O=C1CC[C@@H](N2Cc3c(NCc4ccco4)cccc3[C@H]2O)C(=O)N1. The molecule has 7 heteroatoms. The van der Waals surface area contributed by atoms with Crippen molar-refractivity contribution < 1.29 is 19.1 Å². The van der Waals surface area contributed by atoms with Crippen LogP contribution in [0.3, 0.4) is 0 Å². The lowest BCUT2D eigenvalue weighted by atomic mass is 10.0. The molecule has 0 radical (unpaired) electrons. The molecular weight excluding hydrogens is 322 g/mol. The number of nitrogens with zero attached hydrogens (tertiary/aromatic N) is 1. The molecule has 130 valence electrons. The fourth-order valence-electron chi connectivity index (χ4n) is 3.51. The standard InChI is InChI=1S/C18H19N3O4/c22-16-7-6-15(17(23)20-16)21-10-13-12(18(21)24)4-1-5-14(13)19-9-11-3-2-8-25-11/h1-5,8,15,18-19,24H,6-7,9-10H2,(H,20,22,23)/t15-,18-/m1/s1. The molecule has 3 heterocycles. The topological polar surface area (TPSA) is 94.8 Å². The van der Waals surface area contributed by atoms with Crippen LogP contribution in [-0.4, -0.2) is 27.9 Å². The van der Waals surface area contributed by atoms with E-state index in [1.165, 1.54) is 0 Å². The minimum absolute atomic E-state index is 0.256. The number of hydrogen-bond acceptors (Lipinski definition) is 6. The fourth-order valence-corrected chi connectivity index (χ4v) is 3.51. The van der Waals surface area contributed by atoms with Crippen LogP contribution >= 0.6 is 0 Å². The molecule has 3 N–H and O–H groups in total. The molecule has 0 spiro atoms. The third-order valence-electron chi connectivity index (χ3n) is 4.79. The van der Waals surface area contributed by atoms with E-state index in [0.29, 0.717) is 25.9 Å². The molecule has 25 heavy (non-hydrogen) atoms. The average molecular weight is 341 g/mol. The Morgan fingerprint density at radius 3 is 2.92 bits per heavy atom. The fraction of sp³-hybridized carbons (Fsp3) is 0.333. The molecule has 1 aromatic carbocycles. The third-order valence-corrected chi connectivity index (χ3v) is 4.79. The Morgan fingerprint density at radius 1 is 1.28 bits per heavy atom. The Bertz CT molecular complexity index is 803. The number of carbonyl (C=O) groups is 2. The molecule has 0 bridgehead atoms. The monoisotopic (exact) mass is 341 g/mol. The number of aliphatic hydroxyl groups is 1. The maximum Gasteiger partial charge on any atom is 0.244 e. The molecule has 0 aliphatic carbocycles. The van der Waals surface area contributed by atoms with E-state index in [0.717, 1.165) is 22.6 Å². The van der Waals surface area contributed by atoms with Crippen LogP contribution in [0.4, 0.5) is 5.69 Å². The molecule has 1 fully saturated rings. The molecule has 2 aliphatic rings. The molecule has 2 amide bonds. The number of benzene rings is 1. The minimum atomic E-state index is -0.857. The van der Waals surface area contributed by atoms with Crippen LogP contribution in [0.1, 0.15) is 36.0 Å². The molecule has 1 saturated heterocycles. The second kappa shape index (κ2) is 6.34. The first-order valence-corrected chi connectivity index (χ1v) is 8.29. The summed E-state index contributed by atoms with van der Waals surface area (Å²) in [5, 5.41) is 16.3. The van der Waals surface area contributed by atoms with Crippen molar-refractivity contribution in [3.05, 3.63) is 53.5 Å². The zero-order valence-electron chi connectivity index (χ0n) is 13.6. The van der Waals surface area contributed by atoms with Gasteiger partial charge in [0.2, 0.25) is 11.8 Å². The van der Waals surface area contributed by atoms with E-state index in [9.17, 15) is 14.7 Å². The van der Waals surface area contributed by atoms with Gasteiger partial charge in [-0.15, -0.1) is 0 Å². The Morgan fingerprint density at radius 2 is 2.16 bits per heavy atom. The molecule has 2 aliphatic heterocycles. The second-order valence-electron chi connectivity index (χ2n) is 6.32. The maximum atomic E-state index is 12.1. The van der Waals surface area contributed by atoms with Gasteiger partial charge >= 0.3 is 0 Å². The zero-order valence-corrected chi connectivity index (χ0v) is 13.6. The largest absolute Gasteiger partial charge is 0.467 e. The van der Waals surface area contributed by atoms with E-state index in [1.807, 2.05) is 30.3 Å². The number of amides is 2. The Balaban J connectivity index is 1.54. The lowest BCUT2D eigenvalue weighted by molar-refractivity contribution is -0.141. The van der Waals surface area contributed by atoms with Gasteiger partial charge in [-0.25, -0.2) is 0 Å². The van der Waals surface area contributed by atoms with E-state index in [1.54, 1.807) is 11.2 Å². The lowest BCUT2D eigenvalue weighted by Crippen LogP contribution is -2.51. The quantitative estimate of drug-likeness (QED) is 0.730. The summed E-state index contributed by atoms with van der Waals surface area (Å²) in [5.74, 6) is 0.222. The van der Waals surface area contributed by atoms with Gasteiger partial charge in [0, 0.05) is 24.2 Å². The first kappa shape index (κ1) is 15.9. The summed E-state index contributed by atoms with van der Waals surface area (Å²) in [5.41, 5.74) is 2.66. The second-order valence-corrected chi connectivity index (χ2v) is 6.32. The molecule has 4 rings (SSSR count). The Kier molecular flexibility index (Phi) is 4.03. The predicted molar refractivity (Wildman–Crippen MR) is 89.2 cm³/mol. The molecule has 0 saturated carbocycles. The lowest BCUT2D eigenvalue weighted by Gasteiger charge is -2.31. The molecule has 7 nitrogen and oxygen atoms in total. The van der Waals surface area contributed by atoms with Crippen LogP contribution < -0.4 is 10.6 Å². The number of hydrogen-bond donors (Lipinski definition) is 3. The van der Waals surface area contributed by atoms with Gasteiger partial charge < -0.3 is 14.8 Å². The van der Waals surface area contributed by atoms with E-state index in [-0.39, 0.29) is 11.8 Å². The van der Waals surface area contributed by atoms with Crippen molar-refractivity contribution in [2.75, 3.05) is 5.32 Å². The van der Waals surface area contributed by atoms with E-state index < -0.39 is 12.3 Å². The minimum Gasteiger partial charge on any atom is -0.467 e. The number of furan rings is 1. The first-order valence-electron chi connectivity index (χ1n) is 8.29. The Labute approximate surface area is 144 Å². The van der Waals surface area contributed by atoms with Gasteiger partial charge in [0.1, 0.15) is 12.0 Å². The first-order chi connectivity index (χ1) is 12.1. The number of rotatable bonds is 4. The molecule has 2 aromatic rings. The molecule has 0 unspecified atom stereocenters. The summed E-state index contributed by atoms with van der Waals surface area (Å²) >= 11 is 0. The van der Waals surface area contributed by atoms with E-state index >= 15 is 0 Å². The zero-order chi connectivity index (χ0) is 17.4. The highest BCUT2D eigenvalue weighted by molar-refractivity contribution is 6.00. The van der Waals surface area contributed by atoms with Crippen molar-refractivity contribution >= 4 is 17.5 Å². The van der Waals surface area contributed by atoms with Crippen LogP contribution in [0.15, 0.2) is 41.0 Å². The summed E-state index contributed by atoms with van der Waals surface area (Å²) in [7, 11) is 0. The van der Waals surface area contributed by atoms with Crippen molar-refractivity contribution in [3.63, 3.8) is 0 Å². The third kappa shape index (κ3) is 2.92. The molecule has 1 aromatic heterocycles. The Hall–Kier alpha value is -2.64. The number of carbonyl (C=O) groups excluding carboxylic acids is 2. The summed E-state index contributed by atoms with van der Waals surface area (Å²) in [6.45, 7) is 0.988. The van der Waals surface area contributed by atoms with Gasteiger partial charge in [0.15, 0.2) is 0 Å². The number of aliphatic hydroxyl groups excluding tert-OH is 1. The maximum absolute atomic E-state index is 12.1. The summed E-state index contributed by atoms with van der Waals surface area (Å²) in [6.07, 6.45) is 1.48. The van der Waals surface area contributed by atoms with Gasteiger partial charge in [-0.1, -0.05) is 12.1 Å². The smallest absolute Gasteiger partial charge is 0.244 e. The van der Waals surface area contributed by atoms with Crippen molar-refractivity contribution in [3.8, 4) is 0 Å². The van der Waals surface area contributed by atoms with Crippen molar-refractivity contribution in [2.45, 2.75) is 38.2 Å². The van der Waals surface area contributed by atoms with Gasteiger partial charge in [0.25, 0.3) is 0 Å². The number of nitrogens with one attached hydrogen (secondary N) is 2. The molecular formula is C18H19N3O4. The van der Waals surface area contributed by atoms with Gasteiger partial charge in [-0.2, -0.15) is 0 Å². The summed E-state index contributed by atoms with van der Waals surface area (Å²) in [6, 6.07) is 8.91. The average Bonchev–Trinajstić information content (AvgIpc) is 3.22. The van der Waals surface area contributed by atoms with Crippen LogP contribution in [0.2, 0.25) is 0 Å².